The highest BCUT2D eigenvalue weighted by molar-refractivity contribution is 5.89. The van der Waals surface area contributed by atoms with Crippen LogP contribution in [0.25, 0.3) is 0 Å². The van der Waals surface area contributed by atoms with Crippen LogP contribution in [0.3, 0.4) is 0 Å². The second-order valence-electron chi connectivity index (χ2n) is 6.48. The minimum absolute atomic E-state index is 0.313. The molecular weight excluding hydrogens is 381 g/mol. The number of benzene rings is 2. The molecule has 2 amide bonds. The highest BCUT2D eigenvalue weighted by atomic mass is 19.4. The lowest BCUT2D eigenvalue weighted by atomic mass is 10.1. The maximum atomic E-state index is 14.0. The minimum atomic E-state index is -4.84. The maximum absolute atomic E-state index is 14.0. The number of carbonyl (C=O) groups excluding carboxylic acids is 1. The fourth-order valence-electron chi connectivity index (χ4n) is 3.00. The van der Waals surface area contributed by atoms with Crippen molar-refractivity contribution in [1.82, 2.24) is 9.80 Å². The van der Waals surface area contributed by atoms with Crippen molar-refractivity contribution in [2.24, 2.45) is 0 Å². The van der Waals surface area contributed by atoms with E-state index in [0.717, 1.165) is 17.7 Å². The van der Waals surface area contributed by atoms with Gasteiger partial charge in [-0.1, -0.05) is 18.2 Å². The first-order chi connectivity index (χ1) is 13.2. The third-order valence-electron chi connectivity index (χ3n) is 4.52. The zero-order valence-electron chi connectivity index (χ0n) is 14.8. The average molecular weight is 399 g/mol. The standard InChI is InChI=1S/C19H18F5N3O/c20-14-6-4-13(5-7-14)12-26-8-10-27(11-9-26)18(28)25-16-3-1-2-15(17(16)21)19(22,23)24/h1-7H,8-12H2,(H,25,28). The molecule has 0 bridgehead atoms. The molecule has 1 saturated heterocycles. The zero-order chi connectivity index (χ0) is 20.3. The van der Waals surface area contributed by atoms with E-state index in [1.54, 1.807) is 12.1 Å². The largest absolute Gasteiger partial charge is 0.419 e. The Labute approximate surface area is 158 Å². The maximum Gasteiger partial charge on any atom is 0.419 e. The second-order valence-corrected chi connectivity index (χ2v) is 6.48. The molecule has 1 N–H and O–H groups in total. The van der Waals surface area contributed by atoms with E-state index in [1.165, 1.54) is 17.0 Å². The summed E-state index contributed by atoms with van der Waals surface area (Å²) in [5.74, 6) is -1.81. The van der Waals surface area contributed by atoms with Crippen LogP contribution < -0.4 is 5.32 Å². The molecule has 0 spiro atoms. The predicted molar refractivity (Wildman–Crippen MR) is 93.7 cm³/mol. The lowest BCUT2D eigenvalue weighted by molar-refractivity contribution is -0.139. The molecule has 1 heterocycles. The van der Waals surface area contributed by atoms with Gasteiger partial charge in [-0.15, -0.1) is 0 Å². The molecule has 1 fully saturated rings. The molecule has 1 aliphatic rings. The first-order valence-electron chi connectivity index (χ1n) is 8.62. The number of anilines is 1. The number of amides is 2. The van der Waals surface area contributed by atoms with Crippen LogP contribution in [0.1, 0.15) is 11.1 Å². The summed E-state index contributed by atoms with van der Waals surface area (Å²) in [6.07, 6.45) is -4.84. The Morgan fingerprint density at radius 1 is 0.964 bits per heavy atom. The van der Waals surface area contributed by atoms with E-state index < -0.39 is 29.3 Å². The van der Waals surface area contributed by atoms with Gasteiger partial charge in [0.05, 0.1) is 11.3 Å². The zero-order valence-corrected chi connectivity index (χ0v) is 14.8. The van der Waals surface area contributed by atoms with Gasteiger partial charge in [0, 0.05) is 32.7 Å². The number of nitrogens with one attached hydrogen (secondary N) is 1. The van der Waals surface area contributed by atoms with Gasteiger partial charge < -0.3 is 10.2 Å². The summed E-state index contributed by atoms with van der Waals surface area (Å²) in [6.45, 7) is 2.35. The summed E-state index contributed by atoms with van der Waals surface area (Å²) in [5, 5.41) is 2.21. The normalized spacial score (nSPS) is 15.5. The SMILES string of the molecule is O=C(Nc1cccc(C(F)(F)F)c1F)N1CCN(Cc2ccc(F)cc2)CC1. The predicted octanol–water partition coefficient (Wildman–Crippen LogP) is 4.33. The van der Waals surface area contributed by atoms with Gasteiger partial charge in [0.2, 0.25) is 0 Å². The van der Waals surface area contributed by atoms with Crippen molar-refractivity contribution in [3.63, 3.8) is 0 Å². The molecule has 2 aromatic rings. The van der Waals surface area contributed by atoms with Gasteiger partial charge in [-0.2, -0.15) is 13.2 Å². The highest BCUT2D eigenvalue weighted by Gasteiger charge is 2.35. The van der Waals surface area contributed by atoms with Crippen LogP contribution >= 0.6 is 0 Å². The third-order valence-corrected chi connectivity index (χ3v) is 4.52. The van der Waals surface area contributed by atoms with Gasteiger partial charge in [-0.3, -0.25) is 4.90 Å². The molecule has 2 aromatic carbocycles. The number of urea groups is 1. The fourth-order valence-corrected chi connectivity index (χ4v) is 3.00. The molecule has 28 heavy (non-hydrogen) atoms. The highest BCUT2D eigenvalue weighted by Crippen LogP contribution is 2.33. The summed E-state index contributed by atoms with van der Waals surface area (Å²) in [5.41, 5.74) is -0.992. The van der Waals surface area contributed by atoms with Crippen molar-refractivity contribution in [1.29, 1.82) is 0 Å². The van der Waals surface area contributed by atoms with Crippen LogP contribution in [0, 0.1) is 11.6 Å². The first kappa shape index (κ1) is 20.1. The topological polar surface area (TPSA) is 35.6 Å². The van der Waals surface area contributed by atoms with E-state index in [1.807, 2.05) is 0 Å². The van der Waals surface area contributed by atoms with Crippen LogP contribution in [-0.4, -0.2) is 42.0 Å². The molecule has 0 aromatic heterocycles. The number of carbonyl (C=O) groups is 1. The average Bonchev–Trinajstić information content (AvgIpc) is 2.65. The van der Waals surface area contributed by atoms with Gasteiger partial charge in [0.25, 0.3) is 0 Å². The quantitative estimate of drug-likeness (QED) is 0.780. The van der Waals surface area contributed by atoms with E-state index in [-0.39, 0.29) is 5.82 Å². The lowest BCUT2D eigenvalue weighted by Gasteiger charge is -2.34. The van der Waals surface area contributed by atoms with Crippen LogP contribution in [0.4, 0.5) is 32.4 Å². The van der Waals surface area contributed by atoms with Crippen LogP contribution in [0.2, 0.25) is 0 Å². The Balaban J connectivity index is 1.56. The van der Waals surface area contributed by atoms with Gasteiger partial charge in [-0.25, -0.2) is 13.6 Å². The van der Waals surface area contributed by atoms with Gasteiger partial charge in [0.1, 0.15) is 5.82 Å². The van der Waals surface area contributed by atoms with Crippen molar-refractivity contribution in [2.75, 3.05) is 31.5 Å². The molecule has 1 aliphatic heterocycles. The molecule has 4 nitrogen and oxygen atoms in total. The Bertz CT molecular complexity index is 830. The summed E-state index contributed by atoms with van der Waals surface area (Å²) < 4.78 is 65.3. The van der Waals surface area contributed by atoms with Crippen molar-refractivity contribution in [2.45, 2.75) is 12.7 Å². The number of alkyl halides is 3. The third kappa shape index (κ3) is 4.78. The molecule has 150 valence electrons. The number of rotatable bonds is 3. The molecule has 0 unspecified atom stereocenters. The van der Waals surface area contributed by atoms with Crippen molar-refractivity contribution in [3.8, 4) is 0 Å². The number of hydrogen-bond donors (Lipinski definition) is 1. The lowest BCUT2D eigenvalue weighted by Crippen LogP contribution is -2.49. The van der Waals surface area contributed by atoms with Gasteiger partial charge in [-0.05, 0) is 29.8 Å². The Kier molecular flexibility index (Phi) is 5.83. The molecule has 3 rings (SSSR count). The number of halogens is 5. The Hall–Kier alpha value is -2.68. The molecule has 0 radical (unpaired) electrons. The second kappa shape index (κ2) is 8.14. The summed E-state index contributed by atoms with van der Waals surface area (Å²) in [7, 11) is 0. The smallest absolute Gasteiger partial charge is 0.322 e. The monoisotopic (exact) mass is 399 g/mol. The first-order valence-corrected chi connectivity index (χ1v) is 8.62. The fraction of sp³-hybridized carbons (Fsp3) is 0.316. The molecule has 0 saturated carbocycles. The molecule has 0 aliphatic carbocycles. The summed E-state index contributed by atoms with van der Waals surface area (Å²) in [4.78, 5) is 15.8. The van der Waals surface area contributed by atoms with Crippen LogP contribution in [0.5, 0.6) is 0 Å². The minimum Gasteiger partial charge on any atom is -0.322 e. The number of nitrogens with zero attached hydrogens (tertiary/aromatic N) is 2. The molecule has 0 atom stereocenters. The Morgan fingerprint density at radius 2 is 1.61 bits per heavy atom. The summed E-state index contributed by atoms with van der Waals surface area (Å²) >= 11 is 0. The number of piperazine rings is 1. The van der Waals surface area contributed by atoms with Crippen LogP contribution in [-0.2, 0) is 12.7 Å². The Morgan fingerprint density at radius 3 is 2.21 bits per heavy atom. The van der Waals surface area contributed by atoms with Gasteiger partial charge in [0.15, 0.2) is 5.82 Å². The van der Waals surface area contributed by atoms with E-state index in [4.69, 9.17) is 0 Å². The number of hydrogen-bond acceptors (Lipinski definition) is 2. The molecular formula is C19H18F5N3O. The van der Waals surface area contributed by atoms with E-state index in [2.05, 4.69) is 10.2 Å². The van der Waals surface area contributed by atoms with Gasteiger partial charge >= 0.3 is 12.2 Å². The summed E-state index contributed by atoms with van der Waals surface area (Å²) in [6, 6.07) is 8.23. The van der Waals surface area contributed by atoms with Crippen molar-refractivity contribution >= 4 is 11.7 Å². The molecule has 9 heteroatoms. The van der Waals surface area contributed by atoms with E-state index in [0.29, 0.717) is 38.8 Å². The van der Waals surface area contributed by atoms with Crippen molar-refractivity contribution in [3.05, 3.63) is 65.2 Å². The van der Waals surface area contributed by atoms with Crippen LogP contribution in [0.15, 0.2) is 42.5 Å². The van der Waals surface area contributed by atoms with Crippen molar-refractivity contribution < 1.29 is 26.7 Å². The van der Waals surface area contributed by atoms with E-state index in [9.17, 15) is 26.7 Å². The van der Waals surface area contributed by atoms with E-state index >= 15 is 0 Å².